The fraction of sp³-hybridized carbons (Fsp3) is 0.0952. The van der Waals surface area contributed by atoms with Gasteiger partial charge in [0.25, 0.3) is 0 Å². The second-order valence-corrected chi connectivity index (χ2v) is 7.05. The van der Waals surface area contributed by atoms with Crippen LogP contribution in [0.5, 0.6) is 11.6 Å². The molecule has 5 aromatic rings. The van der Waals surface area contributed by atoms with Crippen LogP contribution in [0.15, 0.2) is 59.3 Å². The zero-order chi connectivity index (χ0) is 20.7. The third-order valence-electron chi connectivity index (χ3n) is 4.39. The SMILES string of the molecule is Cc1nc(Oc2cccc(-c3noc(C)n3)c2)c2cnn(-c3cccc(Cl)c3)c2n1. The van der Waals surface area contributed by atoms with E-state index in [2.05, 4.69) is 25.2 Å². The van der Waals surface area contributed by atoms with Crippen molar-refractivity contribution in [2.45, 2.75) is 13.8 Å². The molecule has 0 fully saturated rings. The molecular weight excluding hydrogens is 404 g/mol. The maximum atomic E-state index is 6.13. The van der Waals surface area contributed by atoms with Gasteiger partial charge in [0.1, 0.15) is 17.0 Å². The van der Waals surface area contributed by atoms with Crippen LogP contribution in [0.1, 0.15) is 11.7 Å². The van der Waals surface area contributed by atoms with E-state index in [1.165, 1.54) is 0 Å². The highest BCUT2D eigenvalue weighted by Crippen LogP contribution is 2.30. The number of hydrogen-bond donors (Lipinski definition) is 0. The highest BCUT2D eigenvalue weighted by Gasteiger charge is 2.15. The number of aryl methyl sites for hydroxylation is 2. The summed E-state index contributed by atoms with van der Waals surface area (Å²) < 4.78 is 12.9. The molecule has 0 saturated carbocycles. The van der Waals surface area contributed by atoms with Gasteiger partial charge in [0.2, 0.25) is 17.6 Å². The summed E-state index contributed by atoms with van der Waals surface area (Å²) in [5.74, 6) is 2.55. The van der Waals surface area contributed by atoms with Crippen molar-refractivity contribution in [1.82, 2.24) is 29.9 Å². The number of halogens is 1. The van der Waals surface area contributed by atoms with Crippen LogP contribution in [0, 0.1) is 13.8 Å². The van der Waals surface area contributed by atoms with Crippen molar-refractivity contribution in [3.8, 4) is 28.7 Å². The first-order chi connectivity index (χ1) is 14.6. The Balaban J connectivity index is 1.56. The fourth-order valence-corrected chi connectivity index (χ4v) is 3.27. The molecule has 0 amide bonds. The molecule has 3 heterocycles. The Morgan fingerprint density at radius 2 is 1.87 bits per heavy atom. The Bertz CT molecular complexity index is 1380. The van der Waals surface area contributed by atoms with Gasteiger partial charge in [0.15, 0.2) is 5.65 Å². The molecule has 0 radical (unpaired) electrons. The van der Waals surface area contributed by atoms with Gasteiger partial charge >= 0.3 is 0 Å². The van der Waals surface area contributed by atoms with Crippen LogP contribution in [0.2, 0.25) is 5.02 Å². The second-order valence-electron chi connectivity index (χ2n) is 6.62. The van der Waals surface area contributed by atoms with E-state index in [4.69, 9.17) is 20.9 Å². The minimum absolute atomic E-state index is 0.409. The summed E-state index contributed by atoms with van der Waals surface area (Å²) >= 11 is 6.13. The summed E-state index contributed by atoms with van der Waals surface area (Å²) in [5.41, 5.74) is 2.21. The van der Waals surface area contributed by atoms with E-state index in [1.807, 2.05) is 48.5 Å². The molecule has 0 aliphatic carbocycles. The number of rotatable bonds is 4. The molecule has 0 N–H and O–H groups in total. The lowest BCUT2D eigenvalue weighted by atomic mass is 10.2. The minimum atomic E-state index is 0.409. The largest absolute Gasteiger partial charge is 0.438 e. The smallest absolute Gasteiger partial charge is 0.233 e. The van der Waals surface area contributed by atoms with Gasteiger partial charge in [0.05, 0.1) is 11.9 Å². The average Bonchev–Trinajstić information content (AvgIpc) is 3.35. The van der Waals surface area contributed by atoms with Crippen molar-refractivity contribution in [2.75, 3.05) is 0 Å². The van der Waals surface area contributed by atoms with Gasteiger partial charge in [-0.15, -0.1) is 0 Å². The summed E-state index contributed by atoms with van der Waals surface area (Å²) in [6.45, 7) is 3.55. The molecule has 9 heteroatoms. The monoisotopic (exact) mass is 418 g/mol. The second kappa shape index (κ2) is 7.23. The Kier molecular flexibility index (Phi) is 4.40. The quantitative estimate of drug-likeness (QED) is 0.408. The van der Waals surface area contributed by atoms with E-state index in [9.17, 15) is 0 Å². The summed E-state index contributed by atoms with van der Waals surface area (Å²) in [6, 6.07) is 14.8. The summed E-state index contributed by atoms with van der Waals surface area (Å²) in [4.78, 5) is 13.3. The first kappa shape index (κ1) is 18.3. The molecule has 0 saturated heterocycles. The predicted molar refractivity (Wildman–Crippen MR) is 111 cm³/mol. The topological polar surface area (TPSA) is 91.8 Å². The third kappa shape index (κ3) is 3.37. The number of ether oxygens (including phenoxy) is 1. The third-order valence-corrected chi connectivity index (χ3v) is 4.63. The molecule has 0 atom stereocenters. The number of nitrogens with zero attached hydrogens (tertiary/aromatic N) is 6. The summed E-state index contributed by atoms with van der Waals surface area (Å²) in [6.07, 6.45) is 1.68. The highest BCUT2D eigenvalue weighted by atomic mass is 35.5. The van der Waals surface area contributed by atoms with Crippen LogP contribution in [0.25, 0.3) is 28.1 Å². The average molecular weight is 419 g/mol. The lowest BCUT2D eigenvalue weighted by Gasteiger charge is -2.08. The zero-order valence-corrected chi connectivity index (χ0v) is 16.8. The van der Waals surface area contributed by atoms with Crippen molar-refractivity contribution < 1.29 is 9.26 Å². The van der Waals surface area contributed by atoms with Crippen LogP contribution >= 0.6 is 11.6 Å². The summed E-state index contributed by atoms with van der Waals surface area (Å²) in [5, 5.41) is 9.71. The van der Waals surface area contributed by atoms with Crippen molar-refractivity contribution in [3.05, 3.63) is 71.5 Å². The van der Waals surface area contributed by atoms with Crippen LogP contribution in [0.3, 0.4) is 0 Å². The molecule has 2 aromatic carbocycles. The van der Waals surface area contributed by atoms with Crippen molar-refractivity contribution in [2.24, 2.45) is 0 Å². The number of aromatic nitrogens is 6. The molecule has 0 aliphatic heterocycles. The molecule has 3 aromatic heterocycles. The van der Waals surface area contributed by atoms with E-state index < -0.39 is 0 Å². The lowest BCUT2D eigenvalue weighted by molar-refractivity contribution is 0.394. The maximum Gasteiger partial charge on any atom is 0.233 e. The predicted octanol–water partition coefficient (Wildman–Crippen LogP) is 4.93. The number of hydrogen-bond acceptors (Lipinski definition) is 7. The van der Waals surface area contributed by atoms with Gasteiger partial charge in [-0.1, -0.05) is 35.0 Å². The molecule has 0 spiro atoms. The van der Waals surface area contributed by atoms with Gasteiger partial charge in [-0.05, 0) is 37.3 Å². The van der Waals surface area contributed by atoms with Crippen molar-refractivity contribution in [3.63, 3.8) is 0 Å². The van der Waals surface area contributed by atoms with Gasteiger partial charge in [-0.3, -0.25) is 0 Å². The van der Waals surface area contributed by atoms with Crippen LogP contribution in [-0.4, -0.2) is 29.9 Å². The Hall–Kier alpha value is -3.78. The molecule has 0 unspecified atom stereocenters. The lowest BCUT2D eigenvalue weighted by Crippen LogP contribution is -2.00. The Labute approximate surface area is 176 Å². The van der Waals surface area contributed by atoms with E-state index in [1.54, 1.807) is 24.7 Å². The van der Waals surface area contributed by atoms with Crippen molar-refractivity contribution in [1.29, 1.82) is 0 Å². The van der Waals surface area contributed by atoms with Gasteiger partial charge in [-0.2, -0.15) is 15.1 Å². The van der Waals surface area contributed by atoms with E-state index >= 15 is 0 Å². The maximum absolute atomic E-state index is 6.13. The molecule has 8 nitrogen and oxygen atoms in total. The minimum Gasteiger partial charge on any atom is -0.438 e. The zero-order valence-electron chi connectivity index (χ0n) is 16.1. The number of benzene rings is 2. The Morgan fingerprint density at radius 1 is 1.00 bits per heavy atom. The first-order valence-electron chi connectivity index (χ1n) is 9.14. The van der Waals surface area contributed by atoms with Gasteiger partial charge < -0.3 is 9.26 Å². The first-order valence-corrected chi connectivity index (χ1v) is 9.51. The van der Waals surface area contributed by atoms with E-state index in [0.29, 0.717) is 45.2 Å². The standard InChI is InChI=1S/C21H15ClN6O2/c1-12-24-20-18(11-23-28(20)16-7-4-6-15(22)10-16)21(25-12)29-17-8-3-5-14(9-17)19-26-13(2)30-27-19/h3-11H,1-2H3. The molecule has 5 rings (SSSR count). The number of fused-ring (bicyclic) bond motifs is 1. The van der Waals surface area contributed by atoms with Crippen LogP contribution < -0.4 is 4.74 Å². The van der Waals surface area contributed by atoms with Crippen molar-refractivity contribution >= 4 is 22.6 Å². The summed E-state index contributed by atoms with van der Waals surface area (Å²) in [7, 11) is 0. The molecule has 148 valence electrons. The van der Waals surface area contributed by atoms with E-state index in [-0.39, 0.29) is 0 Å². The molecule has 0 aliphatic rings. The normalized spacial score (nSPS) is 11.2. The van der Waals surface area contributed by atoms with E-state index in [0.717, 1.165) is 11.3 Å². The Morgan fingerprint density at radius 3 is 2.67 bits per heavy atom. The van der Waals surface area contributed by atoms with Crippen LogP contribution in [-0.2, 0) is 0 Å². The van der Waals surface area contributed by atoms with Crippen LogP contribution in [0.4, 0.5) is 0 Å². The fourth-order valence-electron chi connectivity index (χ4n) is 3.09. The van der Waals surface area contributed by atoms with Gasteiger partial charge in [-0.25, -0.2) is 9.67 Å². The molecular formula is C21H15ClN6O2. The molecule has 30 heavy (non-hydrogen) atoms. The highest BCUT2D eigenvalue weighted by molar-refractivity contribution is 6.30. The molecule has 0 bridgehead atoms. The van der Waals surface area contributed by atoms with Gasteiger partial charge in [0, 0.05) is 17.5 Å².